The van der Waals surface area contributed by atoms with E-state index < -0.39 is 0 Å². The monoisotopic (exact) mass is 301 g/mol. The number of phenols is 1. The van der Waals surface area contributed by atoms with Crippen molar-refractivity contribution in [2.45, 2.75) is 57.1 Å². The third-order valence-electron chi connectivity index (χ3n) is 6.57. The van der Waals surface area contributed by atoms with Gasteiger partial charge in [-0.1, -0.05) is 19.9 Å². The van der Waals surface area contributed by atoms with Crippen molar-refractivity contribution >= 4 is 0 Å². The zero-order valence-electron chi connectivity index (χ0n) is 13.7. The van der Waals surface area contributed by atoms with E-state index >= 15 is 0 Å². The maximum absolute atomic E-state index is 9.90. The number of nitrogens with zero attached hydrogens (tertiary/aromatic N) is 1. The highest BCUT2D eigenvalue weighted by Gasteiger charge is 2.48. The highest BCUT2D eigenvalue weighted by molar-refractivity contribution is 5.44. The third-order valence-corrected chi connectivity index (χ3v) is 6.57. The lowest BCUT2D eigenvalue weighted by molar-refractivity contribution is -0.00671. The van der Waals surface area contributed by atoms with E-state index in [-0.39, 0.29) is 5.41 Å². The summed E-state index contributed by atoms with van der Waals surface area (Å²) in [6.45, 7) is 7.99. The molecular formula is C19H27NO2. The minimum absolute atomic E-state index is 0.198. The number of hydrogen-bond donors (Lipinski definition) is 1. The van der Waals surface area contributed by atoms with Gasteiger partial charge in [-0.3, -0.25) is 4.90 Å². The molecule has 1 aromatic rings. The summed E-state index contributed by atoms with van der Waals surface area (Å²) >= 11 is 0. The Morgan fingerprint density at radius 2 is 2.27 bits per heavy atom. The van der Waals surface area contributed by atoms with Gasteiger partial charge >= 0.3 is 0 Å². The van der Waals surface area contributed by atoms with Crippen LogP contribution in [-0.2, 0) is 16.6 Å². The van der Waals surface area contributed by atoms with E-state index in [2.05, 4.69) is 24.8 Å². The van der Waals surface area contributed by atoms with Crippen LogP contribution in [0.1, 0.15) is 44.2 Å². The maximum Gasteiger partial charge on any atom is 0.115 e. The number of aromatic hydroxyl groups is 1. The smallest absolute Gasteiger partial charge is 0.115 e. The van der Waals surface area contributed by atoms with E-state index in [1.807, 2.05) is 12.1 Å². The fourth-order valence-electron chi connectivity index (χ4n) is 4.97. The highest BCUT2D eigenvalue weighted by atomic mass is 16.5. The molecule has 2 bridgehead atoms. The van der Waals surface area contributed by atoms with E-state index in [1.54, 1.807) is 0 Å². The van der Waals surface area contributed by atoms with Crippen LogP contribution < -0.4 is 0 Å². The number of rotatable bonds is 2. The Bertz CT molecular complexity index is 567. The molecule has 0 radical (unpaired) electrons. The van der Waals surface area contributed by atoms with Gasteiger partial charge in [0.2, 0.25) is 0 Å². The van der Waals surface area contributed by atoms with Gasteiger partial charge in [0.25, 0.3) is 0 Å². The van der Waals surface area contributed by atoms with Gasteiger partial charge in [-0.15, -0.1) is 0 Å². The van der Waals surface area contributed by atoms with E-state index in [0.29, 0.717) is 23.8 Å². The molecule has 1 aromatic carbocycles. The molecule has 3 aliphatic rings. The minimum atomic E-state index is 0.198. The van der Waals surface area contributed by atoms with Gasteiger partial charge in [-0.25, -0.2) is 0 Å². The van der Waals surface area contributed by atoms with Gasteiger partial charge < -0.3 is 9.84 Å². The van der Waals surface area contributed by atoms with Crippen LogP contribution in [0, 0.1) is 5.92 Å². The fraction of sp³-hybridized carbons (Fsp3) is 0.684. The molecule has 22 heavy (non-hydrogen) atoms. The fourth-order valence-corrected chi connectivity index (χ4v) is 4.97. The van der Waals surface area contributed by atoms with Crippen LogP contribution in [0.25, 0.3) is 0 Å². The van der Waals surface area contributed by atoms with Crippen molar-refractivity contribution in [1.82, 2.24) is 4.90 Å². The number of fused-ring (bicyclic) bond motifs is 4. The Morgan fingerprint density at radius 3 is 3.05 bits per heavy atom. The Kier molecular flexibility index (Phi) is 3.46. The van der Waals surface area contributed by atoms with E-state index in [4.69, 9.17) is 4.74 Å². The molecule has 0 unspecified atom stereocenters. The van der Waals surface area contributed by atoms with Gasteiger partial charge in [0, 0.05) is 19.2 Å². The van der Waals surface area contributed by atoms with E-state index in [0.717, 1.165) is 26.1 Å². The molecule has 0 aromatic heterocycles. The first kappa shape index (κ1) is 14.5. The van der Waals surface area contributed by atoms with Crippen molar-refractivity contribution < 1.29 is 9.84 Å². The maximum atomic E-state index is 9.90. The second-order valence-corrected chi connectivity index (χ2v) is 7.70. The number of piperidine rings is 1. The summed E-state index contributed by atoms with van der Waals surface area (Å²) in [5.74, 6) is 1.03. The quantitative estimate of drug-likeness (QED) is 0.911. The molecule has 0 spiro atoms. The second-order valence-electron chi connectivity index (χ2n) is 7.70. The molecule has 2 heterocycles. The summed E-state index contributed by atoms with van der Waals surface area (Å²) in [4.78, 5) is 2.68. The van der Waals surface area contributed by atoms with Crippen LogP contribution in [-0.4, -0.2) is 41.8 Å². The van der Waals surface area contributed by atoms with Crippen molar-refractivity contribution in [3.8, 4) is 5.75 Å². The number of likely N-dealkylation sites (tertiary alicyclic amines) is 1. The average Bonchev–Trinajstić information content (AvgIpc) is 3.00. The topological polar surface area (TPSA) is 32.7 Å². The summed E-state index contributed by atoms with van der Waals surface area (Å²) in [5.41, 5.74) is 3.01. The van der Waals surface area contributed by atoms with Crippen LogP contribution in [0.15, 0.2) is 18.2 Å². The lowest BCUT2D eigenvalue weighted by Crippen LogP contribution is -2.59. The number of benzene rings is 1. The summed E-state index contributed by atoms with van der Waals surface area (Å²) in [6, 6.07) is 6.60. The van der Waals surface area contributed by atoms with Crippen molar-refractivity contribution in [1.29, 1.82) is 0 Å². The van der Waals surface area contributed by atoms with Crippen LogP contribution >= 0.6 is 0 Å². The summed E-state index contributed by atoms with van der Waals surface area (Å²) < 4.78 is 5.86. The zero-order valence-corrected chi connectivity index (χ0v) is 13.7. The number of phenolic OH excluding ortho intramolecular Hbond substituents is 1. The van der Waals surface area contributed by atoms with Crippen molar-refractivity contribution in [3.63, 3.8) is 0 Å². The highest BCUT2D eigenvalue weighted by Crippen LogP contribution is 2.49. The molecule has 4 rings (SSSR count). The summed E-state index contributed by atoms with van der Waals surface area (Å²) in [6.07, 6.45) is 5.17. The molecule has 3 heteroatoms. The molecule has 1 aliphatic carbocycles. The molecule has 3 nitrogen and oxygen atoms in total. The molecule has 120 valence electrons. The summed E-state index contributed by atoms with van der Waals surface area (Å²) in [7, 11) is 0. The second kappa shape index (κ2) is 5.24. The predicted molar refractivity (Wildman–Crippen MR) is 87.3 cm³/mol. The molecule has 4 atom stereocenters. The first-order valence-corrected chi connectivity index (χ1v) is 8.76. The van der Waals surface area contributed by atoms with Gasteiger partial charge in [-0.2, -0.15) is 0 Å². The first-order valence-electron chi connectivity index (χ1n) is 8.76. The van der Waals surface area contributed by atoms with Gasteiger partial charge in [0.05, 0.1) is 6.10 Å². The SMILES string of the molecule is C[C@@H]1[C@@H]2Cc3ccc(O)cc3[C@@]1(C)CCN2C[C@@H]1CCCO1. The Morgan fingerprint density at radius 1 is 1.41 bits per heavy atom. The molecular weight excluding hydrogens is 274 g/mol. The van der Waals surface area contributed by atoms with E-state index in [1.165, 1.54) is 30.4 Å². The first-order chi connectivity index (χ1) is 10.6. The Hall–Kier alpha value is -1.06. The predicted octanol–water partition coefficient (Wildman–Crippen LogP) is 3.10. The minimum Gasteiger partial charge on any atom is -0.508 e. The number of ether oxygens (including phenoxy) is 1. The normalized spacial score (nSPS) is 38.0. The third kappa shape index (κ3) is 2.17. The lowest BCUT2D eigenvalue weighted by Gasteiger charge is -2.55. The Labute approximate surface area is 133 Å². The largest absolute Gasteiger partial charge is 0.508 e. The summed E-state index contributed by atoms with van der Waals surface area (Å²) in [5, 5.41) is 9.90. The Balaban J connectivity index is 1.63. The average molecular weight is 301 g/mol. The van der Waals surface area contributed by atoms with Crippen molar-refractivity contribution in [2.75, 3.05) is 19.7 Å². The van der Waals surface area contributed by atoms with Crippen LogP contribution in [0.2, 0.25) is 0 Å². The number of hydrogen-bond acceptors (Lipinski definition) is 3. The van der Waals surface area contributed by atoms with Gasteiger partial charge in [0.15, 0.2) is 0 Å². The lowest BCUT2D eigenvalue weighted by atomic mass is 9.59. The molecule has 2 fully saturated rings. The van der Waals surface area contributed by atoms with Crippen LogP contribution in [0.4, 0.5) is 0 Å². The van der Waals surface area contributed by atoms with Gasteiger partial charge in [-0.05, 0) is 66.8 Å². The molecule has 2 saturated heterocycles. The molecule has 0 amide bonds. The molecule has 2 aliphatic heterocycles. The molecule has 0 saturated carbocycles. The van der Waals surface area contributed by atoms with E-state index in [9.17, 15) is 5.11 Å². The van der Waals surface area contributed by atoms with Crippen LogP contribution in [0.3, 0.4) is 0 Å². The van der Waals surface area contributed by atoms with Crippen LogP contribution in [0.5, 0.6) is 5.75 Å². The standard InChI is InChI=1S/C19H27NO2/c1-13-18-10-14-5-6-15(21)11-17(14)19(13,2)7-8-20(18)12-16-4-3-9-22-16/h5-6,11,13,16,18,21H,3-4,7-10,12H2,1-2H3/t13-,16+,18+,19+/m1/s1. The zero-order chi connectivity index (χ0) is 15.3. The molecule has 1 N–H and O–H groups in total. The van der Waals surface area contributed by atoms with Crippen molar-refractivity contribution in [3.05, 3.63) is 29.3 Å². The van der Waals surface area contributed by atoms with Crippen molar-refractivity contribution in [2.24, 2.45) is 5.92 Å². The van der Waals surface area contributed by atoms with Gasteiger partial charge in [0.1, 0.15) is 5.75 Å².